The van der Waals surface area contributed by atoms with Gasteiger partial charge in [-0.1, -0.05) is 0 Å². The number of carbonyl (C=O) groups is 2. The number of carboxylic acid groups (broad SMARTS) is 2. The molecule has 22 heavy (non-hydrogen) atoms. The highest BCUT2D eigenvalue weighted by Gasteiger charge is 2.29. The fraction of sp³-hybridized carbons (Fsp3) is 0.818. The summed E-state index contributed by atoms with van der Waals surface area (Å²) in [4.78, 5) is 19.9. The largest absolute Gasteiger partial charge is 0.481 e. The molecule has 0 bridgehead atoms. The second-order valence-corrected chi connectivity index (χ2v) is 4.36. The van der Waals surface area contributed by atoms with Crippen molar-refractivity contribution in [1.82, 2.24) is 0 Å². The van der Waals surface area contributed by atoms with Crippen molar-refractivity contribution in [3.05, 3.63) is 0 Å². The van der Waals surface area contributed by atoms with Gasteiger partial charge in [-0.25, -0.2) is 0 Å². The smallest absolute Gasteiger partial charge is 0.320 e. The molecule has 0 aliphatic heterocycles. The highest BCUT2D eigenvalue weighted by Crippen LogP contribution is 2.04. The number of aliphatic hydroxyl groups excluding tert-OH is 6. The molecule has 0 aromatic carbocycles. The van der Waals surface area contributed by atoms with Crippen molar-refractivity contribution in [2.75, 3.05) is 13.2 Å². The second kappa shape index (κ2) is 12.2. The average molecular weight is 329 g/mol. The summed E-state index contributed by atoms with van der Waals surface area (Å²) in [5.41, 5.74) is 5.00. The number of aliphatic carboxylic acids is 2. The van der Waals surface area contributed by atoms with Crippen LogP contribution in [0.5, 0.6) is 0 Å². The minimum absolute atomic E-state index is 0.0231. The summed E-state index contributed by atoms with van der Waals surface area (Å²) in [7, 11) is 0. The van der Waals surface area contributed by atoms with E-state index in [4.69, 9.17) is 46.6 Å². The van der Waals surface area contributed by atoms with Gasteiger partial charge in [0.2, 0.25) is 0 Å². The minimum atomic E-state index is -1.67. The van der Waals surface area contributed by atoms with Crippen LogP contribution in [0.4, 0.5) is 0 Å². The Morgan fingerprint density at radius 1 is 0.864 bits per heavy atom. The third-order valence-corrected chi connectivity index (χ3v) is 2.50. The molecule has 0 spiro atoms. The van der Waals surface area contributed by atoms with Gasteiger partial charge >= 0.3 is 11.9 Å². The lowest BCUT2D eigenvalue weighted by Gasteiger charge is -2.24. The van der Waals surface area contributed by atoms with Gasteiger partial charge in [-0.2, -0.15) is 0 Å². The summed E-state index contributed by atoms with van der Waals surface area (Å²) >= 11 is 0. The fourth-order valence-electron chi connectivity index (χ4n) is 1.07. The van der Waals surface area contributed by atoms with E-state index in [1.54, 1.807) is 0 Å². The molecule has 0 aromatic rings. The van der Waals surface area contributed by atoms with E-state index < -0.39 is 55.6 Å². The standard InChI is InChI=1S/C6H14O6.C5H9NO4/c7-1-3(9)5(11)6(12)4(10)2-8;6-3(5(9)10)1-2-4(7)8/h3-12H,1-2H2;3H,1-2,6H2,(H,7,8)(H,9,10). The molecule has 11 heteroatoms. The molecule has 11 nitrogen and oxygen atoms in total. The lowest BCUT2D eigenvalue weighted by Crippen LogP contribution is -2.46. The summed E-state index contributed by atoms with van der Waals surface area (Å²) in [5.74, 6) is -2.20. The molecule has 0 aromatic heterocycles. The lowest BCUT2D eigenvalue weighted by atomic mass is 10.0. The number of hydrogen-bond acceptors (Lipinski definition) is 9. The Bertz CT molecular complexity index is 312. The van der Waals surface area contributed by atoms with Gasteiger partial charge in [-0.15, -0.1) is 0 Å². The Labute approximate surface area is 125 Å². The second-order valence-electron chi connectivity index (χ2n) is 4.36. The number of rotatable bonds is 9. The first-order valence-electron chi connectivity index (χ1n) is 6.22. The lowest BCUT2D eigenvalue weighted by molar-refractivity contribution is -0.139. The highest BCUT2D eigenvalue weighted by atomic mass is 16.4. The van der Waals surface area contributed by atoms with Gasteiger partial charge in [0, 0.05) is 6.42 Å². The third-order valence-electron chi connectivity index (χ3n) is 2.50. The summed E-state index contributed by atoms with van der Waals surface area (Å²) in [6, 6.07) is -1.06. The first-order chi connectivity index (χ1) is 10.1. The zero-order valence-electron chi connectivity index (χ0n) is 11.7. The molecule has 5 atom stereocenters. The van der Waals surface area contributed by atoms with Crippen LogP contribution in [0, 0.1) is 0 Å². The molecule has 0 saturated carbocycles. The van der Waals surface area contributed by atoms with Gasteiger partial charge in [-0.3, -0.25) is 9.59 Å². The average Bonchev–Trinajstić information content (AvgIpc) is 2.49. The van der Waals surface area contributed by atoms with Gasteiger partial charge < -0.3 is 46.6 Å². The van der Waals surface area contributed by atoms with E-state index in [1.807, 2.05) is 0 Å². The van der Waals surface area contributed by atoms with Crippen LogP contribution in [-0.2, 0) is 9.59 Å². The van der Waals surface area contributed by atoms with E-state index in [0.717, 1.165) is 0 Å². The monoisotopic (exact) mass is 329 g/mol. The third kappa shape index (κ3) is 10.4. The molecule has 5 unspecified atom stereocenters. The zero-order valence-corrected chi connectivity index (χ0v) is 11.7. The van der Waals surface area contributed by atoms with Gasteiger partial charge in [0.15, 0.2) is 0 Å². The zero-order chi connectivity index (χ0) is 17.9. The van der Waals surface area contributed by atoms with Crippen LogP contribution in [0.3, 0.4) is 0 Å². The molecule has 0 saturated heterocycles. The molecule has 0 rings (SSSR count). The van der Waals surface area contributed by atoms with Crippen molar-refractivity contribution in [3.8, 4) is 0 Å². The van der Waals surface area contributed by atoms with Crippen LogP contribution in [0.2, 0.25) is 0 Å². The molecule has 0 aliphatic carbocycles. The van der Waals surface area contributed by atoms with Crippen LogP contribution in [-0.4, -0.2) is 96.5 Å². The Balaban J connectivity index is 0. The Kier molecular flexibility index (Phi) is 12.7. The van der Waals surface area contributed by atoms with Crippen molar-refractivity contribution in [1.29, 1.82) is 0 Å². The normalized spacial score (nSPS) is 17.4. The van der Waals surface area contributed by atoms with E-state index >= 15 is 0 Å². The van der Waals surface area contributed by atoms with Crippen LogP contribution in [0.1, 0.15) is 12.8 Å². The highest BCUT2D eigenvalue weighted by molar-refractivity contribution is 5.74. The summed E-state index contributed by atoms with van der Waals surface area (Å²) in [5, 5.41) is 68.4. The maximum Gasteiger partial charge on any atom is 0.320 e. The Hall–Kier alpha value is -1.34. The van der Waals surface area contributed by atoms with Crippen LogP contribution < -0.4 is 5.73 Å². The maximum atomic E-state index is 9.99. The van der Waals surface area contributed by atoms with Gasteiger partial charge in [-0.05, 0) is 6.42 Å². The van der Waals surface area contributed by atoms with Crippen molar-refractivity contribution in [3.63, 3.8) is 0 Å². The predicted octanol–water partition coefficient (Wildman–Crippen LogP) is -4.32. The molecule has 0 fully saturated rings. The molecule has 0 aliphatic rings. The molecule has 132 valence electrons. The first kappa shape index (κ1) is 22.9. The van der Waals surface area contributed by atoms with E-state index in [1.165, 1.54) is 0 Å². The van der Waals surface area contributed by atoms with Crippen molar-refractivity contribution < 1.29 is 50.4 Å². The van der Waals surface area contributed by atoms with Crippen molar-refractivity contribution in [2.24, 2.45) is 5.73 Å². The van der Waals surface area contributed by atoms with Gasteiger partial charge in [0.1, 0.15) is 30.5 Å². The number of aliphatic hydroxyl groups is 6. The summed E-state index contributed by atoms with van der Waals surface area (Å²) in [6.45, 7) is -1.45. The van der Waals surface area contributed by atoms with Gasteiger partial charge in [0.25, 0.3) is 0 Å². The van der Waals surface area contributed by atoms with Crippen LogP contribution in [0.15, 0.2) is 0 Å². The fourth-order valence-corrected chi connectivity index (χ4v) is 1.07. The summed E-state index contributed by atoms with van der Waals surface area (Å²) in [6.07, 6.45) is -6.62. The molecular formula is C11H23NO10. The van der Waals surface area contributed by atoms with Crippen molar-refractivity contribution >= 4 is 11.9 Å². The molecule has 10 N–H and O–H groups in total. The number of hydrogen-bond donors (Lipinski definition) is 9. The molecular weight excluding hydrogens is 306 g/mol. The molecule has 0 amide bonds. The maximum absolute atomic E-state index is 9.99. The quantitative estimate of drug-likeness (QED) is 0.197. The molecule has 0 heterocycles. The van der Waals surface area contributed by atoms with E-state index in [2.05, 4.69) is 0 Å². The van der Waals surface area contributed by atoms with Crippen molar-refractivity contribution in [2.45, 2.75) is 43.3 Å². The topological polar surface area (TPSA) is 222 Å². The van der Waals surface area contributed by atoms with E-state index in [0.29, 0.717) is 0 Å². The van der Waals surface area contributed by atoms with Crippen LogP contribution >= 0.6 is 0 Å². The van der Waals surface area contributed by atoms with Crippen LogP contribution in [0.25, 0.3) is 0 Å². The SMILES string of the molecule is NC(CCC(=O)O)C(=O)O.OCC(O)C(O)C(O)C(O)CO. The van der Waals surface area contributed by atoms with E-state index in [-0.39, 0.29) is 12.8 Å². The first-order valence-corrected chi connectivity index (χ1v) is 6.22. The minimum Gasteiger partial charge on any atom is -0.481 e. The Morgan fingerprint density at radius 3 is 1.45 bits per heavy atom. The van der Waals surface area contributed by atoms with E-state index in [9.17, 15) is 9.59 Å². The number of nitrogens with two attached hydrogens (primary N) is 1. The molecule has 0 radical (unpaired) electrons. The predicted molar refractivity (Wildman–Crippen MR) is 70.7 cm³/mol. The number of carboxylic acids is 2. The van der Waals surface area contributed by atoms with Gasteiger partial charge in [0.05, 0.1) is 13.2 Å². The Morgan fingerprint density at radius 2 is 1.23 bits per heavy atom. The summed E-state index contributed by atoms with van der Waals surface area (Å²) < 4.78 is 0.